The van der Waals surface area contributed by atoms with Crippen LogP contribution in [0.15, 0.2) is 17.0 Å². The smallest absolute Gasteiger partial charge is 0.310 e. The molecule has 0 atom stereocenters. The molecule has 0 unspecified atom stereocenters. The molecule has 2 N–H and O–H groups in total. The molecule has 0 aliphatic rings. The van der Waals surface area contributed by atoms with Gasteiger partial charge in [-0.05, 0) is 23.3 Å². The molecular formula is C11H12N2O2S. The van der Waals surface area contributed by atoms with Crippen molar-refractivity contribution in [2.24, 2.45) is 5.73 Å². The number of ether oxygens (including phenoxy) is 1. The maximum absolute atomic E-state index is 11.2. The minimum atomic E-state index is -0.375. The Hall–Kier alpha value is -1.51. The van der Waals surface area contributed by atoms with Gasteiger partial charge in [-0.3, -0.25) is 4.79 Å². The van der Waals surface area contributed by atoms with Crippen LogP contribution in [0.5, 0.6) is 0 Å². The summed E-state index contributed by atoms with van der Waals surface area (Å²) in [6, 6.07) is 5.36. The van der Waals surface area contributed by atoms with Gasteiger partial charge in [0.05, 0.1) is 25.2 Å². The third-order valence-electron chi connectivity index (χ3n) is 2.28. The number of esters is 1. The molecule has 0 aliphatic carbocycles. The third-order valence-corrected chi connectivity index (χ3v) is 2.70. The zero-order chi connectivity index (χ0) is 12.1. The number of nitrogens with two attached hydrogens (primary N) is 1. The topological polar surface area (TPSA) is 76.1 Å². The number of hydrogen-bond acceptors (Lipinski definition) is 5. The lowest BCUT2D eigenvalue weighted by molar-refractivity contribution is -0.139. The van der Waals surface area contributed by atoms with Crippen LogP contribution in [0.3, 0.4) is 0 Å². The van der Waals surface area contributed by atoms with Crippen molar-refractivity contribution in [1.82, 2.24) is 0 Å². The molecule has 84 valence electrons. The standard InChI is InChI=1S/C11H12N2O2S/c1-15-11(14)4-8-9(6-13)7(5-12)2-3-10(8)16/h2-3,16H,4,6,13H2,1H3. The predicted octanol–water partition coefficient (Wildman–Crippen LogP) is 1.02. The predicted molar refractivity (Wildman–Crippen MR) is 62.0 cm³/mol. The quantitative estimate of drug-likeness (QED) is 0.607. The fourth-order valence-corrected chi connectivity index (χ4v) is 1.72. The van der Waals surface area contributed by atoms with Crippen molar-refractivity contribution < 1.29 is 9.53 Å². The second-order valence-corrected chi connectivity index (χ2v) is 3.64. The van der Waals surface area contributed by atoms with E-state index in [1.165, 1.54) is 7.11 Å². The number of nitriles is 1. The van der Waals surface area contributed by atoms with Crippen molar-refractivity contribution in [2.45, 2.75) is 17.9 Å². The fourth-order valence-electron chi connectivity index (χ4n) is 1.43. The molecule has 0 spiro atoms. The van der Waals surface area contributed by atoms with Crippen LogP contribution in [0.1, 0.15) is 16.7 Å². The van der Waals surface area contributed by atoms with Crippen molar-refractivity contribution in [3.05, 3.63) is 28.8 Å². The molecule has 0 saturated heterocycles. The summed E-state index contributed by atoms with van der Waals surface area (Å²) in [5.41, 5.74) is 7.36. The van der Waals surface area contributed by atoms with E-state index in [0.29, 0.717) is 21.6 Å². The largest absolute Gasteiger partial charge is 0.469 e. The zero-order valence-corrected chi connectivity index (χ0v) is 9.75. The average Bonchev–Trinajstić information content (AvgIpc) is 2.31. The monoisotopic (exact) mass is 236 g/mol. The molecule has 0 saturated carbocycles. The first-order chi connectivity index (χ1) is 7.63. The van der Waals surface area contributed by atoms with Crippen LogP contribution >= 0.6 is 12.6 Å². The lowest BCUT2D eigenvalue weighted by Gasteiger charge is -2.11. The van der Waals surface area contributed by atoms with Gasteiger partial charge < -0.3 is 10.5 Å². The zero-order valence-electron chi connectivity index (χ0n) is 8.86. The highest BCUT2D eigenvalue weighted by atomic mass is 32.1. The van der Waals surface area contributed by atoms with Crippen molar-refractivity contribution in [2.75, 3.05) is 7.11 Å². The van der Waals surface area contributed by atoms with E-state index in [9.17, 15) is 4.79 Å². The highest BCUT2D eigenvalue weighted by Crippen LogP contribution is 2.22. The first kappa shape index (κ1) is 12.6. The van der Waals surface area contributed by atoms with Crippen molar-refractivity contribution in [1.29, 1.82) is 5.26 Å². The molecule has 0 amide bonds. The summed E-state index contributed by atoms with van der Waals surface area (Å²) in [7, 11) is 1.32. The number of rotatable bonds is 3. The molecule has 0 radical (unpaired) electrons. The molecule has 1 rings (SSSR count). The summed E-state index contributed by atoms with van der Waals surface area (Å²) in [5, 5.41) is 8.91. The van der Waals surface area contributed by atoms with Gasteiger partial charge in [0.25, 0.3) is 0 Å². The number of hydrogen-bond donors (Lipinski definition) is 2. The van der Waals surface area contributed by atoms with Gasteiger partial charge >= 0.3 is 5.97 Å². The Labute approximate surface area is 99.4 Å². The molecular weight excluding hydrogens is 224 g/mol. The normalized spacial score (nSPS) is 9.62. The Morgan fingerprint density at radius 2 is 2.25 bits per heavy atom. The van der Waals surface area contributed by atoms with E-state index >= 15 is 0 Å². The van der Waals surface area contributed by atoms with E-state index in [1.807, 2.05) is 6.07 Å². The summed E-state index contributed by atoms with van der Waals surface area (Å²) < 4.78 is 4.59. The maximum atomic E-state index is 11.2. The van der Waals surface area contributed by atoms with Crippen LogP contribution in [0, 0.1) is 11.3 Å². The van der Waals surface area contributed by atoms with Crippen LogP contribution in [0.25, 0.3) is 0 Å². The third kappa shape index (κ3) is 2.54. The number of carbonyl (C=O) groups is 1. The highest BCUT2D eigenvalue weighted by molar-refractivity contribution is 7.80. The van der Waals surface area contributed by atoms with Crippen LogP contribution in [-0.4, -0.2) is 13.1 Å². The fraction of sp³-hybridized carbons (Fsp3) is 0.273. The SMILES string of the molecule is COC(=O)Cc1c(S)ccc(C#N)c1CN. The van der Waals surface area contributed by atoms with Gasteiger partial charge in [-0.2, -0.15) is 5.26 Å². The van der Waals surface area contributed by atoms with E-state index in [-0.39, 0.29) is 18.9 Å². The molecule has 1 aromatic carbocycles. The summed E-state index contributed by atoms with van der Waals surface area (Å²) >= 11 is 4.25. The molecule has 0 heterocycles. The second kappa shape index (κ2) is 5.54. The van der Waals surface area contributed by atoms with Gasteiger partial charge in [0, 0.05) is 11.4 Å². The first-order valence-corrected chi connectivity index (χ1v) is 5.09. The summed E-state index contributed by atoms with van der Waals surface area (Å²) in [6.45, 7) is 0.198. The minimum absolute atomic E-state index is 0.0807. The summed E-state index contributed by atoms with van der Waals surface area (Å²) in [4.78, 5) is 11.9. The molecule has 16 heavy (non-hydrogen) atoms. The van der Waals surface area contributed by atoms with Crippen molar-refractivity contribution >= 4 is 18.6 Å². The van der Waals surface area contributed by atoms with Crippen LogP contribution in [0.4, 0.5) is 0 Å². The van der Waals surface area contributed by atoms with Crippen LogP contribution < -0.4 is 5.73 Å². The van der Waals surface area contributed by atoms with Gasteiger partial charge in [-0.15, -0.1) is 12.6 Å². The molecule has 0 aliphatic heterocycles. The van der Waals surface area contributed by atoms with E-state index in [4.69, 9.17) is 11.0 Å². The summed E-state index contributed by atoms with van der Waals surface area (Å²) in [6.07, 6.45) is 0.0807. The molecule has 0 fully saturated rings. The van der Waals surface area contributed by atoms with Gasteiger partial charge in [0.1, 0.15) is 0 Å². The van der Waals surface area contributed by atoms with Gasteiger partial charge in [0.15, 0.2) is 0 Å². The number of nitrogens with zero attached hydrogens (tertiary/aromatic N) is 1. The minimum Gasteiger partial charge on any atom is -0.469 e. The number of benzene rings is 1. The number of thiol groups is 1. The van der Waals surface area contributed by atoms with Crippen LogP contribution in [-0.2, 0) is 22.5 Å². The number of methoxy groups -OCH3 is 1. The Morgan fingerprint density at radius 3 is 2.75 bits per heavy atom. The van der Waals surface area contributed by atoms with Crippen molar-refractivity contribution in [3.8, 4) is 6.07 Å². The van der Waals surface area contributed by atoms with E-state index < -0.39 is 0 Å². The Bertz CT molecular complexity index is 452. The van der Waals surface area contributed by atoms with Gasteiger partial charge in [-0.25, -0.2) is 0 Å². The van der Waals surface area contributed by atoms with Gasteiger partial charge in [-0.1, -0.05) is 0 Å². The van der Waals surface area contributed by atoms with E-state index in [0.717, 1.165) is 0 Å². The second-order valence-electron chi connectivity index (χ2n) is 3.16. The Kier molecular flexibility index (Phi) is 4.35. The van der Waals surface area contributed by atoms with Crippen molar-refractivity contribution in [3.63, 3.8) is 0 Å². The maximum Gasteiger partial charge on any atom is 0.310 e. The lowest BCUT2D eigenvalue weighted by Crippen LogP contribution is -2.11. The molecule has 5 heteroatoms. The molecule has 4 nitrogen and oxygen atoms in total. The highest BCUT2D eigenvalue weighted by Gasteiger charge is 2.14. The van der Waals surface area contributed by atoms with E-state index in [1.54, 1.807) is 12.1 Å². The molecule has 0 aromatic heterocycles. The molecule has 1 aromatic rings. The number of carbonyl (C=O) groups excluding carboxylic acids is 1. The lowest BCUT2D eigenvalue weighted by atomic mass is 9.99. The first-order valence-electron chi connectivity index (χ1n) is 4.64. The summed E-state index contributed by atoms with van der Waals surface area (Å²) in [5.74, 6) is -0.375. The van der Waals surface area contributed by atoms with Crippen LogP contribution in [0.2, 0.25) is 0 Å². The molecule has 0 bridgehead atoms. The van der Waals surface area contributed by atoms with E-state index in [2.05, 4.69) is 17.4 Å². The average molecular weight is 236 g/mol. The Morgan fingerprint density at radius 1 is 1.56 bits per heavy atom. The van der Waals surface area contributed by atoms with Gasteiger partial charge in [0.2, 0.25) is 0 Å². The Balaban J connectivity index is 3.24.